The molecule has 4 rings (SSSR count). The monoisotopic (exact) mass is 331 g/mol. The van der Waals surface area contributed by atoms with Gasteiger partial charge in [-0.05, 0) is 55.0 Å². The highest BCUT2D eigenvalue weighted by molar-refractivity contribution is 5.80. The fraction of sp³-hybridized carbons (Fsp3) is 0.0952. The quantitative estimate of drug-likeness (QED) is 0.553. The maximum Gasteiger partial charge on any atom is 0.125 e. The molecule has 2 aromatic heterocycles. The van der Waals surface area contributed by atoms with E-state index in [1.165, 1.54) is 12.1 Å². The molecule has 0 spiro atoms. The Balaban J connectivity index is 1.68. The summed E-state index contributed by atoms with van der Waals surface area (Å²) in [6, 6.07) is 16.7. The topological polar surface area (TPSA) is 33.6 Å². The van der Waals surface area contributed by atoms with Gasteiger partial charge in [0.2, 0.25) is 0 Å². The first kappa shape index (κ1) is 15.4. The van der Waals surface area contributed by atoms with Crippen molar-refractivity contribution in [2.75, 3.05) is 0 Å². The van der Waals surface area contributed by atoms with E-state index < -0.39 is 0 Å². The molecule has 0 aliphatic heterocycles. The summed E-state index contributed by atoms with van der Waals surface area (Å²) in [7, 11) is 0. The van der Waals surface area contributed by atoms with Crippen LogP contribution in [0.2, 0.25) is 0 Å². The van der Waals surface area contributed by atoms with E-state index >= 15 is 0 Å². The van der Waals surface area contributed by atoms with Crippen molar-refractivity contribution < 1.29 is 4.39 Å². The lowest BCUT2D eigenvalue weighted by atomic mass is 10.1. The van der Waals surface area contributed by atoms with Crippen molar-refractivity contribution in [3.8, 4) is 5.69 Å². The van der Waals surface area contributed by atoms with Crippen molar-refractivity contribution in [1.82, 2.24) is 14.5 Å². The van der Waals surface area contributed by atoms with Gasteiger partial charge in [0.1, 0.15) is 11.6 Å². The first-order valence-corrected chi connectivity index (χ1v) is 8.17. The van der Waals surface area contributed by atoms with E-state index in [1.54, 1.807) is 6.07 Å². The summed E-state index contributed by atoms with van der Waals surface area (Å²) >= 11 is 0. The lowest BCUT2D eigenvalue weighted by Crippen LogP contribution is -2.01. The Morgan fingerprint density at radius 3 is 2.84 bits per heavy atom. The Morgan fingerprint density at radius 1 is 1.16 bits per heavy atom. The summed E-state index contributed by atoms with van der Waals surface area (Å²) in [4.78, 5) is 8.05. The van der Waals surface area contributed by atoms with E-state index in [-0.39, 0.29) is 5.82 Å². The molecular weight excluding hydrogens is 313 g/mol. The molecule has 2 heterocycles. The lowest BCUT2D eigenvalue weighted by molar-refractivity contribution is 0.626. The van der Waals surface area contributed by atoms with Crippen LogP contribution in [0.3, 0.4) is 0 Å². The molecule has 4 heteroatoms. The number of nitrogens with zero attached hydrogens (tertiary/aromatic N) is 2. The largest absolute Gasteiger partial charge is 0.342 e. The molecule has 3 nitrogen and oxygen atoms in total. The van der Waals surface area contributed by atoms with E-state index in [2.05, 4.69) is 22.6 Å². The van der Waals surface area contributed by atoms with E-state index in [9.17, 15) is 4.39 Å². The number of benzene rings is 2. The first-order chi connectivity index (χ1) is 12.1. The molecule has 0 saturated carbocycles. The van der Waals surface area contributed by atoms with E-state index in [0.717, 1.165) is 39.4 Å². The maximum atomic E-state index is 13.5. The Labute approximate surface area is 145 Å². The number of hydrogen-bond acceptors (Lipinski definition) is 1. The SMILES string of the molecule is C=C(C)c1ccc2nc(Cc3cccn3-c3cccc(F)c3)[nH]c2c1. The average molecular weight is 331 g/mol. The fourth-order valence-electron chi connectivity index (χ4n) is 3.02. The van der Waals surface area contributed by atoms with Crippen LogP contribution in [0, 0.1) is 5.82 Å². The fourth-order valence-corrected chi connectivity index (χ4v) is 3.02. The van der Waals surface area contributed by atoms with Crippen LogP contribution in [-0.4, -0.2) is 14.5 Å². The number of nitrogens with one attached hydrogen (secondary N) is 1. The van der Waals surface area contributed by atoms with Crippen molar-refractivity contribution in [2.24, 2.45) is 0 Å². The second-order valence-electron chi connectivity index (χ2n) is 6.22. The molecule has 0 saturated heterocycles. The molecule has 0 aliphatic rings. The van der Waals surface area contributed by atoms with Crippen LogP contribution >= 0.6 is 0 Å². The number of allylic oxidation sites excluding steroid dienone is 1. The zero-order valence-electron chi connectivity index (χ0n) is 14.0. The average Bonchev–Trinajstić information content (AvgIpc) is 3.20. The highest BCUT2D eigenvalue weighted by atomic mass is 19.1. The molecule has 0 amide bonds. The summed E-state index contributed by atoms with van der Waals surface area (Å²) in [5.74, 6) is 0.637. The zero-order chi connectivity index (χ0) is 17.4. The molecule has 0 fully saturated rings. The molecule has 0 bridgehead atoms. The van der Waals surface area contributed by atoms with Crippen molar-refractivity contribution in [2.45, 2.75) is 13.3 Å². The summed E-state index contributed by atoms with van der Waals surface area (Å²) < 4.78 is 15.5. The minimum absolute atomic E-state index is 0.242. The molecule has 0 atom stereocenters. The van der Waals surface area contributed by atoms with Crippen molar-refractivity contribution in [3.63, 3.8) is 0 Å². The molecule has 25 heavy (non-hydrogen) atoms. The van der Waals surface area contributed by atoms with Gasteiger partial charge in [-0.15, -0.1) is 0 Å². The van der Waals surface area contributed by atoms with Crippen LogP contribution in [0.25, 0.3) is 22.3 Å². The summed E-state index contributed by atoms with van der Waals surface area (Å²) in [5, 5.41) is 0. The summed E-state index contributed by atoms with van der Waals surface area (Å²) in [6.45, 7) is 5.97. The Morgan fingerprint density at radius 2 is 2.04 bits per heavy atom. The maximum absolute atomic E-state index is 13.5. The van der Waals surface area contributed by atoms with Gasteiger partial charge in [0.25, 0.3) is 0 Å². The van der Waals surface area contributed by atoms with Crippen molar-refractivity contribution in [1.29, 1.82) is 0 Å². The Bertz CT molecular complexity index is 1070. The van der Waals surface area contributed by atoms with Crippen LogP contribution in [0.4, 0.5) is 4.39 Å². The smallest absolute Gasteiger partial charge is 0.125 e. The predicted molar refractivity (Wildman–Crippen MR) is 99.3 cm³/mol. The van der Waals surface area contributed by atoms with Crippen LogP contribution in [0.1, 0.15) is 24.0 Å². The molecular formula is C21H18FN3. The van der Waals surface area contributed by atoms with Crippen molar-refractivity contribution >= 4 is 16.6 Å². The van der Waals surface area contributed by atoms with Crippen LogP contribution in [0.5, 0.6) is 0 Å². The van der Waals surface area contributed by atoms with Gasteiger partial charge in [0.15, 0.2) is 0 Å². The van der Waals surface area contributed by atoms with E-state index in [1.807, 2.05) is 48.0 Å². The second kappa shape index (κ2) is 6.06. The number of imidazole rings is 1. The van der Waals surface area contributed by atoms with E-state index in [4.69, 9.17) is 0 Å². The van der Waals surface area contributed by atoms with Gasteiger partial charge in [-0.25, -0.2) is 9.37 Å². The predicted octanol–water partition coefficient (Wildman–Crippen LogP) is 5.12. The van der Waals surface area contributed by atoms with Crippen molar-refractivity contribution in [3.05, 3.63) is 90.3 Å². The third-order valence-corrected chi connectivity index (χ3v) is 4.29. The van der Waals surface area contributed by atoms with Crippen LogP contribution in [0.15, 0.2) is 67.4 Å². The highest BCUT2D eigenvalue weighted by Crippen LogP contribution is 2.21. The van der Waals surface area contributed by atoms with Crippen LogP contribution < -0.4 is 0 Å². The number of fused-ring (bicyclic) bond motifs is 1. The molecule has 2 aromatic carbocycles. The number of rotatable bonds is 4. The van der Waals surface area contributed by atoms with Gasteiger partial charge >= 0.3 is 0 Å². The molecule has 0 radical (unpaired) electrons. The zero-order valence-corrected chi connectivity index (χ0v) is 14.0. The summed E-state index contributed by atoms with van der Waals surface area (Å²) in [5.41, 5.74) is 5.91. The number of hydrogen-bond donors (Lipinski definition) is 1. The van der Waals surface area contributed by atoms with Gasteiger partial charge in [-0.3, -0.25) is 0 Å². The van der Waals surface area contributed by atoms with Gasteiger partial charge in [-0.1, -0.05) is 24.3 Å². The van der Waals surface area contributed by atoms with Gasteiger partial charge in [0.05, 0.1) is 11.0 Å². The third-order valence-electron chi connectivity index (χ3n) is 4.29. The Hall–Kier alpha value is -3.14. The molecule has 124 valence electrons. The second-order valence-corrected chi connectivity index (χ2v) is 6.22. The minimum atomic E-state index is -0.242. The van der Waals surface area contributed by atoms with Gasteiger partial charge < -0.3 is 9.55 Å². The first-order valence-electron chi connectivity index (χ1n) is 8.17. The standard InChI is InChI=1S/C21H18FN3/c1-14(2)15-8-9-19-20(11-15)24-21(23-19)13-18-7-4-10-25(18)17-6-3-5-16(22)12-17/h3-12H,1,13H2,2H3,(H,23,24). The summed E-state index contributed by atoms with van der Waals surface area (Å²) in [6.07, 6.45) is 2.58. The number of aromatic amines is 1. The van der Waals surface area contributed by atoms with Crippen LogP contribution in [-0.2, 0) is 6.42 Å². The number of aromatic nitrogens is 3. The van der Waals surface area contributed by atoms with Gasteiger partial charge in [0, 0.05) is 24.0 Å². The number of halogens is 1. The minimum Gasteiger partial charge on any atom is -0.342 e. The molecule has 0 aliphatic carbocycles. The molecule has 1 N–H and O–H groups in total. The third kappa shape index (κ3) is 2.98. The normalized spacial score (nSPS) is 11.1. The molecule has 4 aromatic rings. The van der Waals surface area contributed by atoms with E-state index in [0.29, 0.717) is 6.42 Å². The molecule has 0 unspecified atom stereocenters. The number of H-pyrrole nitrogens is 1. The van der Waals surface area contributed by atoms with Gasteiger partial charge in [-0.2, -0.15) is 0 Å². The highest BCUT2D eigenvalue weighted by Gasteiger charge is 2.09. The lowest BCUT2D eigenvalue weighted by Gasteiger charge is -2.08. The Kier molecular flexibility index (Phi) is 3.73.